The Morgan fingerprint density at radius 1 is 1.10 bits per heavy atom. The average Bonchev–Trinajstić information content (AvgIpc) is 3.27. The highest BCUT2D eigenvalue weighted by molar-refractivity contribution is 7.15. The van der Waals surface area contributed by atoms with Gasteiger partial charge in [0.2, 0.25) is 4.96 Å². The molecule has 160 valence electrons. The topological polar surface area (TPSA) is 68.5 Å². The maximum Gasteiger partial charge on any atom is 0.264 e. The Kier molecular flexibility index (Phi) is 5.54. The number of carbonyl (C=O) groups is 1. The smallest absolute Gasteiger partial charge is 0.264 e. The number of fused-ring (bicyclic) bond motifs is 1. The maximum absolute atomic E-state index is 12.5. The molecule has 31 heavy (non-hydrogen) atoms. The molecule has 0 spiro atoms. The van der Waals surface area contributed by atoms with Gasteiger partial charge in [-0.2, -0.15) is 4.98 Å². The number of benzene rings is 2. The zero-order chi connectivity index (χ0) is 22.2. The molecule has 0 saturated heterocycles. The number of hydrogen-bond acceptors (Lipinski definition) is 5. The average molecular weight is 435 g/mol. The van der Waals surface area contributed by atoms with Crippen molar-refractivity contribution in [1.82, 2.24) is 14.6 Å². The second kappa shape index (κ2) is 8.15. The summed E-state index contributed by atoms with van der Waals surface area (Å²) in [5, 5.41) is 9.22. The molecule has 0 fully saturated rings. The minimum Gasteiger partial charge on any atom is -0.483 e. The number of thiazole rings is 1. The molecule has 0 aliphatic rings. The van der Waals surface area contributed by atoms with Gasteiger partial charge >= 0.3 is 0 Å². The van der Waals surface area contributed by atoms with Crippen molar-refractivity contribution in [2.24, 2.45) is 0 Å². The molecule has 0 aliphatic heterocycles. The van der Waals surface area contributed by atoms with E-state index in [1.165, 1.54) is 16.9 Å². The second-order valence-corrected chi connectivity index (χ2v) is 9.54. The Labute approximate surface area is 185 Å². The van der Waals surface area contributed by atoms with Crippen LogP contribution in [0.5, 0.6) is 5.75 Å². The van der Waals surface area contributed by atoms with Crippen molar-refractivity contribution >= 4 is 28.2 Å². The van der Waals surface area contributed by atoms with Crippen LogP contribution in [0.4, 0.5) is 5.95 Å². The molecule has 0 atom stereocenters. The fourth-order valence-electron chi connectivity index (χ4n) is 3.32. The molecule has 0 unspecified atom stereocenters. The van der Waals surface area contributed by atoms with Crippen molar-refractivity contribution < 1.29 is 9.53 Å². The third kappa shape index (κ3) is 4.61. The SMILES string of the molecule is Cc1ccc(-c2csc3nc(NC(=O)COc4ccc(C)cc4C(C)(C)C)nn23)cc1. The van der Waals surface area contributed by atoms with E-state index in [-0.39, 0.29) is 23.9 Å². The highest BCUT2D eigenvalue weighted by Gasteiger charge is 2.20. The van der Waals surface area contributed by atoms with E-state index in [0.29, 0.717) is 5.75 Å². The van der Waals surface area contributed by atoms with Crippen LogP contribution in [0.15, 0.2) is 47.8 Å². The number of aryl methyl sites for hydroxylation is 2. The van der Waals surface area contributed by atoms with Crippen LogP contribution >= 0.6 is 11.3 Å². The Balaban J connectivity index is 1.47. The van der Waals surface area contributed by atoms with E-state index < -0.39 is 0 Å². The van der Waals surface area contributed by atoms with E-state index >= 15 is 0 Å². The van der Waals surface area contributed by atoms with Crippen molar-refractivity contribution in [2.45, 2.75) is 40.0 Å². The van der Waals surface area contributed by atoms with Crippen LogP contribution in [0, 0.1) is 13.8 Å². The molecule has 2 aromatic carbocycles. The zero-order valence-corrected chi connectivity index (χ0v) is 19.2. The lowest BCUT2D eigenvalue weighted by Crippen LogP contribution is -2.22. The van der Waals surface area contributed by atoms with Gasteiger partial charge in [0.05, 0.1) is 5.69 Å². The van der Waals surface area contributed by atoms with Crippen LogP contribution in [0.2, 0.25) is 0 Å². The molecule has 2 aromatic heterocycles. The Bertz CT molecular complexity index is 1230. The summed E-state index contributed by atoms with van der Waals surface area (Å²) in [5.41, 5.74) is 5.35. The van der Waals surface area contributed by atoms with Gasteiger partial charge in [-0.3, -0.25) is 10.1 Å². The summed E-state index contributed by atoms with van der Waals surface area (Å²) in [4.78, 5) is 17.6. The Hall–Kier alpha value is -3.19. The summed E-state index contributed by atoms with van der Waals surface area (Å²) >= 11 is 1.48. The molecular weight excluding hydrogens is 408 g/mol. The molecular formula is C24H26N4O2S. The minimum atomic E-state index is -0.296. The molecule has 1 amide bonds. The number of carbonyl (C=O) groups excluding carboxylic acids is 1. The highest BCUT2D eigenvalue weighted by atomic mass is 32.1. The molecule has 7 heteroatoms. The summed E-state index contributed by atoms with van der Waals surface area (Å²) in [7, 11) is 0. The van der Waals surface area contributed by atoms with E-state index in [0.717, 1.165) is 27.3 Å². The van der Waals surface area contributed by atoms with Gasteiger partial charge in [0.25, 0.3) is 11.9 Å². The first-order valence-corrected chi connectivity index (χ1v) is 11.0. The summed E-state index contributed by atoms with van der Waals surface area (Å²) in [6.45, 7) is 10.4. The van der Waals surface area contributed by atoms with Crippen molar-refractivity contribution in [1.29, 1.82) is 0 Å². The third-order valence-electron chi connectivity index (χ3n) is 4.98. The molecule has 0 radical (unpaired) electrons. The van der Waals surface area contributed by atoms with Gasteiger partial charge in [-0.1, -0.05) is 68.3 Å². The fraction of sp³-hybridized carbons (Fsp3) is 0.292. The molecule has 0 saturated carbocycles. The molecule has 4 aromatic rings. The zero-order valence-electron chi connectivity index (χ0n) is 18.4. The molecule has 2 heterocycles. The van der Waals surface area contributed by atoms with Crippen LogP contribution in [0.1, 0.15) is 37.5 Å². The highest BCUT2D eigenvalue weighted by Crippen LogP contribution is 2.32. The van der Waals surface area contributed by atoms with E-state index in [4.69, 9.17) is 4.74 Å². The lowest BCUT2D eigenvalue weighted by Gasteiger charge is -2.23. The van der Waals surface area contributed by atoms with Crippen LogP contribution in [0.25, 0.3) is 16.2 Å². The normalized spacial score (nSPS) is 11.6. The number of hydrogen-bond donors (Lipinski definition) is 1. The summed E-state index contributed by atoms with van der Waals surface area (Å²) in [6, 6.07) is 14.2. The maximum atomic E-state index is 12.5. The largest absolute Gasteiger partial charge is 0.483 e. The van der Waals surface area contributed by atoms with Crippen molar-refractivity contribution in [3.8, 4) is 17.0 Å². The molecule has 0 aliphatic carbocycles. The van der Waals surface area contributed by atoms with Gasteiger partial charge in [-0.25, -0.2) is 4.52 Å². The number of amides is 1. The van der Waals surface area contributed by atoms with Gasteiger partial charge < -0.3 is 4.74 Å². The minimum absolute atomic E-state index is 0.0833. The summed E-state index contributed by atoms with van der Waals surface area (Å²) in [6.07, 6.45) is 0. The van der Waals surface area contributed by atoms with E-state index in [2.05, 4.69) is 73.4 Å². The number of nitrogens with one attached hydrogen (secondary N) is 1. The molecule has 0 bridgehead atoms. The number of anilines is 1. The number of rotatable bonds is 5. The summed E-state index contributed by atoms with van der Waals surface area (Å²) in [5.74, 6) is 0.693. The quantitative estimate of drug-likeness (QED) is 0.457. The predicted molar refractivity (Wildman–Crippen MR) is 125 cm³/mol. The van der Waals surface area contributed by atoms with Crippen LogP contribution in [-0.4, -0.2) is 27.1 Å². The second-order valence-electron chi connectivity index (χ2n) is 8.70. The van der Waals surface area contributed by atoms with Crippen LogP contribution in [-0.2, 0) is 10.2 Å². The van der Waals surface area contributed by atoms with Crippen molar-refractivity contribution in [3.05, 3.63) is 64.5 Å². The van der Waals surface area contributed by atoms with Crippen LogP contribution in [0.3, 0.4) is 0 Å². The molecule has 6 nitrogen and oxygen atoms in total. The van der Waals surface area contributed by atoms with E-state index in [1.54, 1.807) is 4.52 Å². The Morgan fingerprint density at radius 2 is 1.81 bits per heavy atom. The van der Waals surface area contributed by atoms with E-state index in [1.807, 2.05) is 24.4 Å². The first-order valence-electron chi connectivity index (χ1n) is 10.2. The third-order valence-corrected chi connectivity index (χ3v) is 5.80. The first-order chi connectivity index (χ1) is 14.7. The van der Waals surface area contributed by atoms with Crippen LogP contribution < -0.4 is 10.1 Å². The van der Waals surface area contributed by atoms with Crippen molar-refractivity contribution in [3.63, 3.8) is 0 Å². The van der Waals surface area contributed by atoms with Gasteiger partial charge in [0.1, 0.15) is 5.75 Å². The summed E-state index contributed by atoms with van der Waals surface area (Å²) < 4.78 is 7.59. The van der Waals surface area contributed by atoms with Gasteiger partial charge in [-0.15, -0.1) is 16.4 Å². The lowest BCUT2D eigenvalue weighted by molar-refractivity contribution is -0.118. The predicted octanol–water partition coefficient (Wildman–Crippen LogP) is 5.39. The fourth-order valence-corrected chi connectivity index (χ4v) is 4.15. The van der Waals surface area contributed by atoms with E-state index in [9.17, 15) is 4.79 Å². The molecule has 1 N–H and O–H groups in total. The molecule has 4 rings (SSSR count). The lowest BCUT2D eigenvalue weighted by atomic mass is 9.85. The van der Waals surface area contributed by atoms with Crippen molar-refractivity contribution in [2.75, 3.05) is 11.9 Å². The van der Waals surface area contributed by atoms with Gasteiger partial charge in [-0.05, 0) is 30.9 Å². The number of aromatic nitrogens is 3. The number of nitrogens with zero attached hydrogens (tertiary/aromatic N) is 3. The van der Waals surface area contributed by atoms with Gasteiger partial charge in [0.15, 0.2) is 6.61 Å². The first kappa shape index (κ1) is 21.1. The monoisotopic (exact) mass is 434 g/mol. The standard InChI is InChI=1S/C24H26N4O2S/c1-15-6-9-17(10-7-15)19-14-31-23-26-22(27-28(19)23)25-21(29)13-30-20-11-8-16(2)12-18(20)24(3,4)5/h6-12,14H,13H2,1-5H3,(H,25,27,29). The Morgan fingerprint density at radius 3 is 2.52 bits per heavy atom. The number of ether oxygens (including phenoxy) is 1. The van der Waals surface area contributed by atoms with Gasteiger partial charge in [0, 0.05) is 10.9 Å².